The van der Waals surface area contributed by atoms with E-state index < -0.39 is 0 Å². The molecule has 74 valence electrons. The Morgan fingerprint density at radius 1 is 1.64 bits per heavy atom. The Morgan fingerprint density at radius 3 is 3.07 bits per heavy atom. The number of hydrogen-bond donors (Lipinski definition) is 0. The van der Waals surface area contributed by atoms with Gasteiger partial charge in [0, 0.05) is 7.05 Å². The summed E-state index contributed by atoms with van der Waals surface area (Å²) in [5.74, 6) is 0.885. The second-order valence-electron chi connectivity index (χ2n) is 2.69. The van der Waals surface area contributed by atoms with Crippen LogP contribution in [0, 0.1) is 0 Å². The zero-order chi connectivity index (χ0) is 9.97. The first kappa shape index (κ1) is 9.08. The lowest BCUT2D eigenvalue weighted by atomic mass is 10.6. The van der Waals surface area contributed by atoms with E-state index in [1.807, 2.05) is 0 Å². The number of rotatable bonds is 3. The molecular weight excluding hydrogens is 206 g/mol. The van der Waals surface area contributed by atoms with E-state index in [1.165, 1.54) is 6.26 Å². The maximum Gasteiger partial charge on any atom is 0.399 e. The molecule has 0 aromatic carbocycles. The van der Waals surface area contributed by atoms with Gasteiger partial charge in [0.15, 0.2) is 5.75 Å². The molecule has 0 saturated carbocycles. The van der Waals surface area contributed by atoms with Crippen LogP contribution in [0.4, 0.5) is 0 Å². The highest BCUT2D eigenvalue weighted by atomic mass is 35.5. The molecule has 0 aliphatic carbocycles. The summed E-state index contributed by atoms with van der Waals surface area (Å²) in [5.41, 5.74) is 0.644. The number of halogens is 1. The maximum absolute atomic E-state index is 5.55. The zero-order valence-electron chi connectivity index (χ0n) is 7.48. The van der Waals surface area contributed by atoms with Crippen LogP contribution in [0.1, 0.15) is 5.69 Å². The summed E-state index contributed by atoms with van der Waals surface area (Å²) in [4.78, 5) is 3.98. The van der Waals surface area contributed by atoms with E-state index in [4.69, 9.17) is 20.8 Å². The van der Waals surface area contributed by atoms with Gasteiger partial charge < -0.3 is 9.15 Å². The van der Waals surface area contributed by atoms with E-state index in [1.54, 1.807) is 24.1 Å². The molecule has 5 nitrogen and oxygen atoms in total. The van der Waals surface area contributed by atoms with E-state index in [2.05, 4.69) is 10.1 Å². The van der Waals surface area contributed by atoms with Gasteiger partial charge in [-0.2, -0.15) is 10.1 Å². The lowest BCUT2D eigenvalue weighted by Gasteiger charge is -1.93. The fourth-order valence-electron chi connectivity index (χ4n) is 0.949. The number of aromatic nitrogens is 3. The van der Waals surface area contributed by atoms with Crippen LogP contribution in [-0.2, 0) is 12.9 Å². The highest BCUT2D eigenvalue weighted by Crippen LogP contribution is 2.19. The molecule has 2 aromatic rings. The minimum Gasteiger partial charge on any atom is -0.417 e. The Bertz CT molecular complexity index is 424. The second kappa shape index (κ2) is 3.71. The van der Waals surface area contributed by atoms with Gasteiger partial charge in [-0.1, -0.05) is 0 Å². The Hall–Kier alpha value is -1.49. The Labute approximate surface area is 85.3 Å². The maximum atomic E-state index is 5.55. The smallest absolute Gasteiger partial charge is 0.399 e. The van der Waals surface area contributed by atoms with Gasteiger partial charge in [-0.15, -0.1) is 11.6 Å². The highest BCUT2D eigenvalue weighted by molar-refractivity contribution is 6.16. The highest BCUT2D eigenvalue weighted by Gasteiger charge is 2.06. The molecule has 2 rings (SSSR count). The summed E-state index contributed by atoms with van der Waals surface area (Å²) in [6.45, 7) is 0. The number of oxazole rings is 1. The van der Waals surface area contributed by atoms with Crippen molar-refractivity contribution in [2.75, 3.05) is 0 Å². The van der Waals surface area contributed by atoms with Crippen LogP contribution in [0.5, 0.6) is 11.8 Å². The molecule has 0 N–H and O–H groups in total. The minimum absolute atomic E-state index is 0.175. The predicted molar refractivity (Wildman–Crippen MR) is 49.3 cm³/mol. The fourth-order valence-corrected chi connectivity index (χ4v) is 1.07. The Balaban J connectivity index is 2.10. The van der Waals surface area contributed by atoms with Crippen LogP contribution >= 0.6 is 11.6 Å². The van der Waals surface area contributed by atoms with Crippen LogP contribution in [0.2, 0.25) is 0 Å². The summed E-state index contributed by atoms with van der Waals surface area (Å²) in [5, 5.41) is 3.94. The number of aryl methyl sites for hydroxylation is 1. The van der Waals surface area contributed by atoms with E-state index in [-0.39, 0.29) is 6.08 Å². The van der Waals surface area contributed by atoms with Gasteiger partial charge in [-0.05, 0) is 0 Å². The van der Waals surface area contributed by atoms with Gasteiger partial charge in [-0.3, -0.25) is 4.68 Å². The van der Waals surface area contributed by atoms with Crippen LogP contribution in [0.3, 0.4) is 0 Å². The monoisotopic (exact) mass is 213 g/mol. The normalized spacial score (nSPS) is 10.4. The van der Waals surface area contributed by atoms with Crippen molar-refractivity contribution in [2.45, 2.75) is 5.88 Å². The van der Waals surface area contributed by atoms with Crippen molar-refractivity contribution < 1.29 is 9.15 Å². The van der Waals surface area contributed by atoms with Crippen molar-refractivity contribution in [3.05, 3.63) is 24.4 Å². The van der Waals surface area contributed by atoms with Crippen molar-refractivity contribution >= 4 is 11.6 Å². The summed E-state index contributed by atoms with van der Waals surface area (Å²) >= 11 is 5.55. The lowest BCUT2D eigenvalue weighted by molar-refractivity contribution is 0.330. The van der Waals surface area contributed by atoms with Crippen molar-refractivity contribution in [3.8, 4) is 11.8 Å². The van der Waals surface area contributed by atoms with E-state index >= 15 is 0 Å². The first-order valence-electron chi connectivity index (χ1n) is 3.95. The van der Waals surface area contributed by atoms with E-state index in [9.17, 15) is 0 Å². The van der Waals surface area contributed by atoms with Gasteiger partial charge in [0.05, 0.1) is 24.0 Å². The molecule has 0 atom stereocenters. The molecular formula is C8H8ClN3O2. The largest absolute Gasteiger partial charge is 0.417 e. The molecule has 0 amide bonds. The average molecular weight is 214 g/mol. The van der Waals surface area contributed by atoms with Crippen LogP contribution in [0.25, 0.3) is 0 Å². The summed E-state index contributed by atoms with van der Waals surface area (Å²) < 4.78 is 11.9. The minimum atomic E-state index is 0.175. The molecule has 0 radical (unpaired) electrons. The van der Waals surface area contributed by atoms with Crippen molar-refractivity contribution in [2.24, 2.45) is 7.05 Å². The Kier molecular flexibility index (Phi) is 2.41. The molecule has 6 heteroatoms. The van der Waals surface area contributed by atoms with Gasteiger partial charge in [0.2, 0.25) is 0 Å². The molecule has 0 saturated heterocycles. The molecule has 2 heterocycles. The number of ether oxygens (including phenoxy) is 1. The number of hydrogen-bond acceptors (Lipinski definition) is 4. The van der Waals surface area contributed by atoms with Gasteiger partial charge in [0.25, 0.3) is 0 Å². The van der Waals surface area contributed by atoms with Crippen molar-refractivity contribution in [1.82, 2.24) is 14.8 Å². The van der Waals surface area contributed by atoms with Gasteiger partial charge in [-0.25, -0.2) is 0 Å². The van der Waals surface area contributed by atoms with Gasteiger partial charge >= 0.3 is 6.08 Å². The molecule has 0 aliphatic heterocycles. The first-order valence-corrected chi connectivity index (χ1v) is 4.48. The van der Waals surface area contributed by atoms with Crippen LogP contribution in [0.15, 0.2) is 23.1 Å². The first-order chi connectivity index (χ1) is 6.78. The van der Waals surface area contributed by atoms with E-state index in [0.717, 1.165) is 0 Å². The van der Waals surface area contributed by atoms with Crippen molar-refractivity contribution in [3.63, 3.8) is 0 Å². The van der Waals surface area contributed by atoms with Crippen LogP contribution in [-0.4, -0.2) is 14.8 Å². The molecule has 0 bridgehead atoms. The quantitative estimate of drug-likeness (QED) is 0.732. The molecule has 0 fully saturated rings. The average Bonchev–Trinajstić information content (AvgIpc) is 2.76. The standard InChI is InChI=1S/C8H8ClN3O2/c1-12-4-7(3-10-12)14-8-11-6(2-9)5-13-8/h3-5H,2H2,1H3. The molecule has 0 unspecified atom stereocenters. The third kappa shape index (κ3) is 1.88. The van der Waals surface area contributed by atoms with Crippen LogP contribution < -0.4 is 4.74 Å². The summed E-state index contributed by atoms with van der Waals surface area (Å²) in [6.07, 6.45) is 4.92. The predicted octanol–water partition coefficient (Wildman–Crippen LogP) is 1.94. The number of nitrogens with zero attached hydrogens (tertiary/aromatic N) is 3. The summed E-state index contributed by atoms with van der Waals surface area (Å²) in [7, 11) is 1.80. The Morgan fingerprint density at radius 2 is 2.50 bits per heavy atom. The topological polar surface area (TPSA) is 53.1 Å². The SMILES string of the molecule is Cn1cc(Oc2nc(CCl)co2)cn1. The second-order valence-corrected chi connectivity index (χ2v) is 2.96. The van der Waals surface area contributed by atoms with E-state index in [0.29, 0.717) is 17.3 Å². The number of alkyl halides is 1. The molecule has 0 aliphatic rings. The molecule has 0 spiro atoms. The van der Waals surface area contributed by atoms with Crippen molar-refractivity contribution in [1.29, 1.82) is 0 Å². The summed E-state index contributed by atoms with van der Waals surface area (Å²) in [6, 6.07) is 0. The zero-order valence-corrected chi connectivity index (χ0v) is 8.23. The third-order valence-electron chi connectivity index (χ3n) is 1.55. The molecule has 14 heavy (non-hydrogen) atoms. The molecule has 2 aromatic heterocycles. The lowest BCUT2D eigenvalue weighted by Crippen LogP contribution is -1.85. The fraction of sp³-hybridized carbons (Fsp3) is 0.250. The third-order valence-corrected chi connectivity index (χ3v) is 1.83. The van der Waals surface area contributed by atoms with Gasteiger partial charge in [0.1, 0.15) is 6.26 Å².